The van der Waals surface area contributed by atoms with Crippen LogP contribution in [0.2, 0.25) is 0 Å². The van der Waals surface area contributed by atoms with Crippen molar-refractivity contribution in [3.05, 3.63) is 22.5 Å². The maximum Gasteiger partial charge on any atom is 0.433 e. The van der Waals surface area contributed by atoms with Gasteiger partial charge in [-0.3, -0.25) is 0 Å². The van der Waals surface area contributed by atoms with Crippen molar-refractivity contribution in [1.82, 2.24) is 4.98 Å². The van der Waals surface area contributed by atoms with Crippen LogP contribution in [0.25, 0.3) is 0 Å². The van der Waals surface area contributed by atoms with E-state index >= 15 is 0 Å². The molecule has 1 aliphatic carbocycles. The third kappa shape index (κ3) is 3.38. The number of aromatic nitrogens is 1. The van der Waals surface area contributed by atoms with Gasteiger partial charge in [0.2, 0.25) is 0 Å². The predicted molar refractivity (Wildman–Crippen MR) is 74.2 cm³/mol. The van der Waals surface area contributed by atoms with E-state index in [0.717, 1.165) is 0 Å². The standard InChI is InChI=1S/C12H14F3N4O2S/c1-5-3-7-8(4-5)17-10(12(13,14)15)6(2)9(7)18-11(20)19-22(16)21/h5H,3-4H2,1-2H3,(H3,16,17,18,19,20,21)/q-1. The van der Waals surface area contributed by atoms with Crippen LogP contribution in [0.4, 0.5) is 23.7 Å². The number of carbonyl (C=O) groups is 1. The van der Waals surface area contributed by atoms with Crippen molar-refractivity contribution in [3.63, 3.8) is 0 Å². The summed E-state index contributed by atoms with van der Waals surface area (Å²) in [4.78, 5) is 15.3. The Hall–Kier alpha value is -1.68. The van der Waals surface area contributed by atoms with Crippen LogP contribution >= 0.6 is 0 Å². The number of alkyl halides is 3. The van der Waals surface area contributed by atoms with Crippen molar-refractivity contribution in [2.45, 2.75) is 32.9 Å². The number of nitrogens with one attached hydrogen (secondary N) is 1. The number of anilines is 1. The van der Waals surface area contributed by atoms with Gasteiger partial charge in [-0.05, 0) is 31.2 Å². The second kappa shape index (κ2) is 5.84. The van der Waals surface area contributed by atoms with E-state index in [1.54, 1.807) is 0 Å². The Morgan fingerprint density at radius 2 is 2.09 bits per heavy atom. The Morgan fingerprint density at radius 3 is 2.64 bits per heavy atom. The second-order valence-electron chi connectivity index (χ2n) is 5.19. The molecule has 0 radical (unpaired) electrons. The summed E-state index contributed by atoms with van der Waals surface area (Å²) in [7, 11) is -2.23. The average molecular weight is 335 g/mol. The van der Waals surface area contributed by atoms with Gasteiger partial charge in [-0.15, -0.1) is 10.8 Å². The van der Waals surface area contributed by atoms with E-state index in [1.807, 2.05) is 6.92 Å². The van der Waals surface area contributed by atoms with Crippen LogP contribution in [0, 0.1) is 12.8 Å². The fraction of sp³-hybridized carbons (Fsp3) is 0.500. The minimum Gasteiger partial charge on any atom is -0.430 e. The van der Waals surface area contributed by atoms with Crippen LogP contribution in [0.5, 0.6) is 0 Å². The highest BCUT2D eigenvalue weighted by Crippen LogP contribution is 2.39. The van der Waals surface area contributed by atoms with Gasteiger partial charge < -0.3 is 19.0 Å². The Kier molecular flexibility index (Phi) is 4.43. The third-order valence-electron chi connectivity index (χ3n) is 3.39. The SMILES string of the molecule is Cc1c(C(F)(F)F)nc2c(c1NC(=O)N=[S-](N)=O)CC(C)C2. The lowest BCUT2D eigenvalue weighted by Crippen LogP contribution is -2.17. The van der Waals surface area contributed by atoms with Crippen LogP contribution < -0.4 is 10.5 Å². The first-order valence-corrected chi connectivity index (χ1v) is 7.55. The minimum absolute atomic E-state index is 0.0286. The number of amides is 2. The van der Waals surface area contributed by atoms with Gasteiger partial charge in [-0.1, -0.05) is 6.92 Å². The lowest BCUT2D eigenvalue weighted by Gasteiger charge is -2.17. The molecule has 0 spiro atoms. The summed E-state index contributed by atoms with van der Waals surface area (Å²) in [5.74, 6) is 0.126. The molecule has 0 aliphatic heterocycles. The van der Waals surface area contributed by atoms with Crippen LogP contribution in [0.15, 0.2) is 4.36 Å². The molecule has 0 bridgehead atoms. The van der Waals surface area contributed by atoms with E-state index in [1.165, 1.54) is 6.92 Å². The molecule has 10 heteroatoms. The number of fused-ring (bicyclic) bond motifs is 1. The number of hydrogen-bond acceptors (Lipinski definition) is 4. The highest BCUT2D eigenvalue weighted by atomic mass is 32.2. The van der Waals surface area contributed by atoms with Gasteiger partial charge in [0.1, 0.15) is 5.69 Å². The molecule has 1 aromatic heterocycles. The molecule has 0 fully saturated rings. The van der Waals surface area contributed by atoms with E-state index in [0.29, 0.717) is 24.1 Å². The highest BCUT2D eigenvalue weighted by Gasteiger charge is 2.38. The van der Waals surface area contributed by atoms with Crippen molar-refractivity contribution in [2.24, 2.45) is 15.4 Å². The van der Waals surface area contributed by atoms with Crippen LogP contribution in [-0.4, -0.2) is 11.0 Å². The maximum absolute atomic E-state index is 13.1. The molecule has 122 valence electrons. The predicted octanol–water partition coefficient (Wildman–Crippen LogP) is 2.70. The van der Waals surface area contributed by atoms with Gasteiger partial charge in [-0.25, -0.2) is 9.78 Å². The van der Waals surface area contributed by atoms with Gasteiger partial charge in [0.25, 0.3) is 0 Å². The first kappa shape index (κ1) is 16.7. The van der Waals surface area contributed by atoms with Crippen LogP contribution in [0.3, 0.4) is 0 Å². The molecular formula is C12H14F3N4O2S-. The molecule has 0 saturated heterocycles. The monoisotopic (exact) mass is 335 g/mol. The number of halogens is 3. The summed E-state index contributed by atoms with van der Waals surface area (Å²) in [5.41, 5.74) is -0.323. The summed E-state index contributed by atoms with van der Waals surface area (Å²) in [5, 5.41) is 7.13. The number of hydrogen-bond donors (Lipinski definition) is 2. The molecule has 0 aromatic carbocycles. The molecule has 0 saturated carbocycles. The van der Waals surface area contributed by atoms with Crippen molar-refractivity contribution in [2.75, 3.05) is 5.32 Å². The summed E-state index contributed by atoms with van der Waals surface area (Å²) < 4.78 is 53.0. The van der Waals surface area contributed by atoms with E-state index in [9.17, 15) is 22.2 Å². The summed E-state index contributed by atoms with van der Waals surface area (Å²) in [6.45, 7) is 3.11. The number of rotatable bonds is 1. The van der Waals surface area contributed by atoms with Crippen molar-refractivity contribution in [1.29, 1.82) is 0 Å². The molecule has 1 unspecified atom stereocenters. The lowest BCUT2D eigenvalue weighted by molar-refractivity contribution is -0.141. The van der Waals surface area contributed by atoms with Crippen LogP contribution in [0.1, 0.15) is 29.4 Å². The normalized spacial score (nSPS) is 19.1. The zero-order chi connectivity index (χ0) is 16.7. The number of nitrogens with two attached hydrogens (primary N) is 1. The molecule has 22 heavy (non-hydrogen) atoms. The molecule has 6 nitrogen and oxygen atoms in total. The summed E-state index contributed by atoms with van der Waals surface area (Å²) in [6.07, 6.45) is -3.72. The van der Waals surface area contributed by atoms with Gasteiger partial charge in [0.15, 0.2) is 0 Å². The first-order chi connectivity index (χ1) is 10.1. The van der Waals surface area contributed by atoms with Gasteiger partial charge >= 0.3 is 12.2 Å². The molecule has 2 amide bonds. The summed E-state index contributed by atoms with van der Waals surface area (Å²) in [6, 6.07) is -1.05. The fourth-order valence-electron chi connectivity index (χ4n) is 2.57. The number of nitrogens with zero attached hydrogens (tertiary/aromatic N) is 2. The van der Waals surface area contributed by atoms with E-state index in [2.05, 4.69) is 14.7 Å². The minimum atomic E-state index is -4.63. The Bertz CT molecular complexity index is 711. The van der Waals surface area contributed by atoms with Crippen molar-refractivity contribution >= 4 is 22.5 Å². The quantitative estimate of drug-likeness (QED) is 0.772. The Morgan fingerprint density at radius 1 is 1.45 bits per heavy atom. The van der Waals surface area contributed by atoms with Gasteiger partial charge in [-0.2, -0.15) is 13.2 Å². The zero-order valence-corrected chi connectivity index (χ0v) is 12.6. The zero-order valence-electron chi connectivity index (χ0n) is 11.8. The highest BCUT2D eigenvalue weighted by molar-refractivity contribution is 7.72. The topological polar surface area (TPSA) is 97.4 Å². The smallest absolute Gasteiger partial charge is 0.430 e. The fourth-order valence-corrected chi connectivity index (χ4v) is 2.78. The molecule has 1 aliphatic rings. The van der Waals surface area contributed by atoms with E-state index in [4.69, 9.17) is 5.14 Å². The molecular weight excluding hydrogens is 321 g/mol. The van der Waals surface area contributed by atoms with Crippen molar-refractivity contribution in [3.8, 4) is 0 Å². The number of carbonyl (C=O) groups excluding carboxylic acids is 1. The molecule has 1 aromatic rings. The average Bonchev–Trinajstić information content (AvgIpc) is 2.70. The number of pyridine rings is 1. The van der Waals surface area contributed by atoms with Gasteiger partial charge in [0.05, 0.1) is 5.69 Å². The number of urea groups is 1. The van der Waals surface area contributed by atoms with E-state index in [-0.39, 0.29) is 17.2 Å². The maximum atomic E-state index is 13.1. The third-order valence-corrected chi connectivity index (χ3v) is 3.74. The molecule has 3 N–H and O–H groups in total. The van der Waals surface area contributed by atoms with Gasteiger partial charge in [0, 0.05) is 11.3 Å². The van der Waals surface area contributed by atoms with E-state index < -0.39 is 28.7 Å². The van der Waals surface area contributed by atoms with Crippen molar-refractivity contribution < 1.29 is 22.2 Å². The largest absolute Gasteiger partial charge is 0.433 e. The molecule has 1 atom stereocenters. The Balaban J connectivity index is 2.56. The summed E-state index contributed by atoms with van der Waals surface area (Å²) >= 11 is 0. The second-order valence-corrected chi connectivity index (χ2v) is 5.93. The van der Waals surface area contributed by atoms with Crippen LogP contribution in [-0.2, 0) is 34.0 Å². The lowest BCUT2D eigenvalue weighted by atomic mass is 10.0. The Labute approximate surface area is 126 Å². The molecule has 1 heterocycles. The molecule has 2 rings (SSSR count). The first-order valence-electron chi connectivity index (χ1n) is 6.38.